The zero-order valence-corrected chi connectivity index (χ0v) is 9.88. The Labute approximate surface area is 92.2 Å². The van der Waals surface area contributed by atoms with E-state index in [9.17, 15) is 4.79 Å². The Morgan fingerprint density at radius 1 is 1.33 bits per heavy atom. The maximum Gasteiger partial charge on any atom is 0.238 e. The fourth-order valence-electron chi connectivity index (χ4n) is 2.02. The van der Waals surface area contributed by atoms with E-state index in [1.807, 2.05) is 6.92 Å². The average molecular weight is 213 g/mol. The molecule has 1 amide bonds. The number of nitrogens with two attached hydrogens (primary N) is 1. The highest BCUT2D eigenvalue weighted by Crippen LogP contribution is 2.13. The maximum atomic E-state index is 11.3. The van der Waals surface area contributed by atoms with Gasteiger partial charge >= 0.3 is 0 Å². The monoisotopic (exact) mass is 213 g/mol. The molecule has 0 saturated carbocycles. The van der Waals surface area contributed by atoms with Crippen LogP contribution in [-0.4, -0.2) is 43.0 Å². The Bertz CT molecular complexity index is 212. The SMILES string of the molecule is CNC(C)(CN1CCCCCC1)C(N)=O. The van der Waals surface area contributed by atoms with Crippen molar-refractivity contribution < 1.29 is 4.79 Å². The van der Waals surface area contributed by atoms with E-state index in [4.69, 9.17) is 5.73 Å². The van der Waals surface area contributed by atoms with Gasteiger partial charge < -0.3 is 16.0 Å². The molecule has 4 heteroatoms. The molecule has 1 heterocycles. The molecule has 0 aliphatic carbocycles. The van der Waals surface area contributed by atoms with Crippen LogP contribution in [0.3, 0.4) is 0 Å². The summed E-state index contributed by atoms with van der Waals surface area (Å²) < 4.78 is 0. The van der Waals surface area contributed by atoms with Crippen molar-refractivity contribution in [2.75, 3.05) is 26.7 Å². The molecule has 0 bridgehead atoms. The summed E-state index contributed by atoms with van der Waals surface area (Å²) in [7, 11) is 1.79. The Morgan fingerprint density at radius 3 is 2.27 bits per heavy atom. The van der Waals surface area contributed by atoms with E-state index in [0.717, 1.165) is 19.6 Å². The van der Waals surface area contributed by atoms with E-state index < -0.39 is 5.54 Å². The van der Waals surface area contributed by atoms with Crippen molar-refractivity contribution in [1.82, 2.24) is 10.2 Å². The molecule has 0 aromatic rings. The molecule has 1 saturated heterocycles. The van der Waals surface area contributed by atoms with Crippen LogP contribution in [0.2, 0.25) is 0 Å². The Balaban J connectivity index is 2.53. The summed E-state index contributed by atoms with van der Waals surface area (Å²) in [6.07, 6.45) is 5.09. The highest BCUT2D eigenvalue weighted by molar-refractivity contribution is 5.84. The maximum absolute atomic E-state index is 11.3. The molecule has 0 aromatic heterocycles. The minimum absolute atomic E-state index is 0.269. The summed E-state index contributed by atoms with van der Waals surface area (Å²) in [4.78, 5) is 13.7. The van der Waals surface area contributed by atoms with E-state index in [1.54, 1.807) is 7.05 Å². The van der Waals surface area contributed by atoms with Gasteiger partial charge in [0.05, 0.1) is 0 Å². The number of primary amides is 1. The molecule has 1 fully saturated rings. The van der Waals surface area contributed by atoms with E-state index in [2.05, 4.69) is 10.2 Å². The number of hydrogen-bond donors (Lipinski definition) is 2. The number of hydrogen-bond acceptors (Lipinski definition) is 3. The van der Waals surface area contributed by atoms with Gasteiger partial charge in [-0.25, -0.2) is 0 Å². The summed E-state index contributed by atoms with van der Waals surface area (Å²) in [5, 5.41) is 3.03. The fraction of sp³-hybridized carbons (Fsp3) is 0.909. The lowest BCUT2D eigenvalue weighted by atomic mass is 10.0. The lowest BCUT2D eigenvalue weighted by Gasteiger charge is -2.32. The number of likely N-dealkylation sites (tertiary alicyclic amines) is 1. The van der Waals surface area contributed by atoms with Gasteiger partial charge in [0.2, 0.25) is 5.91 Å². The molecule has 1 atom stereocenters. The van der Waals surface area contributed by atoms with Crippen molar-refractivity contribution in [3.05, 3.63) is 0 Å². The van der Waals surface area contributed by atoms with Gasteiger partial charge in [-0.3, -0.25) is 4.79 Å². The predicted molar refractivity (Wildman–Crippen MR) is 61.6 cm³/mol. The third-order valence-electron chi connectivity index (χ3n) is 3.33. The van der Waals surface area contributed by atoms with Gasteiger partial charge in [0.25, 0.3) is 0 Å². The van der Waals surface area contributed by atoms with E-state index >= 15 is 0 Å². The standard InChI is InChI=1S/C11H23N3O/c1-11(13-2,10(12)15)9-14-7-5-3-4-6-8-14/h13H,3-9H2,1-2H3,(H2,12,15). The zero-order chi connectivity index (χ0) is 11.3. The molecule has 4 nitrogen and oxygen atoms in total. The lowest BCUT2D eigenvalue weighted by Crippen LogP contribution is -2.58. The molecular formula is C11H23N3O. The number of rotatable bonds is 4. The van der Waals surface area contributed by atoms with Crippen LogP contribution in [0.5, 0.6) is 0 Å². The minimum atomic E-state index is -0.593. The van der Waals surface area contributed by atoms with Crippen LogP contribution >= 0.6 is 0 Å². The van der Waals surface area contributed by atoms with E-state index in [0.29, 0.717) is 0 Å². The van der Waals surface area contributed by atoms with Gasteiger partial charge in [-0.1, -0.05) is 12.8 Å². The van der Waals surface area contributed by atoms with Crippen LogP contribution in [0.25, 0.3) is 0 Å². The molecule has 88 valence electrons. The summed E-state index contributed by atoms with van der Waals surface area (Å²) in [5.74, 6) is -0.269. The van der Waals surface area contributed by atoms with Crippen molar-refractivity contribution >= 4 is 5.91 Å². The molecule has 1 rings (SSSR count). The van der Waals surface area contributed by atoms with Gasteiger partial charge in [0.15, 0.2) is 0 Å². The quantitative estimate of drug-likeness (QED) is 0.707. The van der Waals surface area contributed by atoms with E-state index in [-0.39, 0.29) is 5.91 Å². The zero-order valence-electron chi connectivity index (χ0n) is 9.88. The molecule has 0 aromatic carbocycles. The van der Waals surface area contributed by atoms with Crippen LogP contribution in [0, 0.1) is 0 Å². The second-order valence-corrected chi connectivity index (χ2v) is 4.64. The molecule has 0 radical (unpaired) electrons. The van der Waals surface area contributed by atoms with Crippen LogP contribution in [0.1, 0.15) is 32.6 Å². The number of likely N-dealkylation sites (N-methyl/N-ethyl adjacent to an activating group) is 1. The molecule has 1 aliphatic rings. The fourth-order valence-corrected chi connectivity index (χ4v) is 2.02. The number of amides is 1. The van der Waals surface area contributed by atoms with Crippen molar-refractivity contribution in [2.45, 2.75) is 38.1 Å². The van der Waals surface area contributed by atoms with Gasteiger partial charge in [-0.2, -0.15) is 0 Å². The summed E-state index contributed by atoms with van der Waals surface area (Å²) in [6.45, 7) is 4.77. The molecular weight excluding hydrogens is 190 g/mol. The number of carbonyl (C=O) groups is 1. The largest absolute Gasteiger partial charge is 0.368 e. The Morgan fingerprint density at radius 2 is 1.87 bits per heavy atom. The number of carbonyl (C=O) groups excluding carboxylic acids is 1. The van der Waals surface area contributed by atoms with Gasteiger partial charge in [-0.15, -0.1) is 0 Å². The first kappa shape index (κ1) is 12.5. The van der Waals surface area contributed by atoms with Crippen LogP contribution in [-0.2, 0) is 4.79 Å². The third kappa shape index (κ3) is 3.47. The lowest BCUT2D eigenvalue weighted by molar-refractivity contribution is -0.124. The second-order valence-electron chi connectivity index (χ2n) is 4.64. The topological polar surface area (TPSA) is 58.4 Å². The van der Waals surface area contributed by atoms with Crippen molar-refractivity contribution in [3.8, 4) is 0 Å². The Hall–Kier alpha value is -0.610. The minimum Gasteiger partial charge on any atom is -0.368 e. The number of nitrogens with one attached hydrogen (secondary N) is 1. The van der Waals surface area contributed by atoms with Crippen LogP contribution < -0.4 is 11.1 Å². The second kappa shape index (κ2) is 5.47. The molecule has 1 unspecified atom stereocenters. The van der Waals surface area contributed by atoms with Gasteiger partial charge in [-0.05, 0) is 39.9 Å². The normalized spacial score (nSPS) is 23.1. The van der Waals surface area contributed by atoms with Crippen LogP contribution in [0.4, 0.5) is 0 Å². The molecule has 0 spiro atoms. The first-order valence-corrected chi connectivity index (χ1v) is 5.80. The molecule has 15 heavy (non-hydrogen) atoms. The summed E-state index contributed by atoms with van der Waals surface area (Å²) in [5.41, 5.74) is 4.82. The van der Waals surface area contributed by atoms with Crippen molar-refractivity contribution in [3.63, 3.8) is 0 Å². The first-order chi connectivity index (χ1) is 7.08. The first-order valence-electron chi connectivity index (χ1n) is 5.80. The van der Waals surface area contributed by atoms with Crippen LogP contribution in [0.15, 0.2) is 0 Å². The highest BCUT2D eigenvalue weighted by Gasteiger charge is 2.31. The summed E-state index contributed by atoms with van der Waals surface area (Å²) in [6, 6.07) is 0. The molecule has 1 aliphatic heterocycles. The predicted octanol–water partition coefficient (Wildman–Crippen LogP) is 0.326. The molecule has 3 N–H and O–H groups in total. The van der Waals surface area contributed by atoms with Crippen molar-refractivity contribution in [2.24, 2.45) is 5.73 Å². The van der Waals surface area contributed by atoms with E-state index in [1.165, 1.54) is 25.7 Å². The Kier molecular flexibility index (Phi) is 4.54. The van der Waals surface area contributed by atoms with Crippen molar-refractivity contribution in [1.29, 1.82) is 0 Å². The summed E-state index contributed by atoms with van der Waals surface area (Å²) >= 11 is 0. The highest BCUT2D eigenvalue weighted by atomic mass is 16.1. The van der Waals surface area contributed by atoms with Gasteiger partial charge in [0, 0.05) is 6.54 Å². The number of nitrogens with zero attached hydrogens (tertiary/aromatic N) is 1. The average Bonchev–Trinajstić information content (AvgIpc) is 2.46. The third-order valence-corrected chi connectivity index (χ3v) is 3.33. The smallest absolute Gasteiger partial charge is 0.238 e. The van der Waals surface area contributed by atoms with Gasteiger partial charge in [0.1, 0.15) is 5.54 Å².